The van der Waals surface area contributed by atoms with Crippen molar-refractivity contribution in [2.75, 3.05) is 57.0 Å². The summed E-state index contributed by atoms with van der Waals surface area (Å²) < 4.78 is 0. The monoisotopic (exact) mass is 407 g/mol. The molecule has 0 amide bonds. The van der Waals surface area contributed by atoms with Crippen LogP contribution in [0.2, 0.25) is 0 Å². The molecule has 0 aliphatic rings. The van der Waals surface area contributed by atoms with Crippen LogP contribution in [-0.2, 0) is 0 Å². The number of hydrogen-bond acceptors (Lipinski definition) is 7. The van der Waals surface area contributed by atoms with E-state index in [-0.39, 0.29) is 22.3 Å². The number of nitrogens with zero attached hydrogens (tertiary/aromatic N) is 7. The Balaban J connectivity index is 2.84. The van der Waals surface area contributed by atoms with Crippen molar-refractivity contribution in [3.63, 3.8) is 0 Å². The molecule has 0 aliphatic heterocycles. The highest BCUT2D eigenvalue weighted by atomic mass is 15.1. The zero-order chi connectivity index (χ0) is 23.0. The minimum Gasteiger partial charge on any atom is -0.377 e. The molecule has 0 atom stereocenters. The van der Waals surface area contributed by atoms with E-state index in [9.17, 15) is 21.0 Å². The van der Waals surface area contributed by atoms with Crippen molar-refractivity contribution < 1.29 is 0 Å². The van der Waals surface area contributed by atoms with Crippen LogP contribution in [0.1, 0.15) is 22.3 Å². The smallest absolute Gasteiger partial charge is 0.102 e. The largest absolute Gasteiger partial charge is 0.377 e. The molecule has 0 bridgehead atoms. The topological polar surface area (TPSA) is 105 Å². The molecule has 0 unspecified atom stereocenters. The fourth-order valence-corrected chi connectivity index (χ4v) is 4.12. The van der Waals surface area contributed by atoms with Gasteiger partial charge in [-0.25, -0.2) is 0 Å². The average molecular weight is 407 g/mol. The molecule has 0 spiro atoms. The van der Waals surface area contributed by atoms with Gasteiger partial charge >= 0.3 is 0 Å². The van der Waals surface area contributed by atoms with Crippen LogP contribution in [-0.4, -0.2) is 42.3 Å². The number of nitriles is 4. The Morgan fingerprint density at radius 2 is 1.10 bits per heavy atom. The van der Waals surface area contributed by atoms with Crippen molar-refractivity contribution in [1.29, 1.82) is 21.0 Å². The van der Waals surface area contributed by atoms with Crippen LogP contribution in [0.5, 0.6) is 0 Å². The second-order valence-electron chi connectivity index (χ2n) is 7.81. The summed E-state index contributed by atoms with van der Waals surface area (Å²) in [6.45, 7) is 0. The van der Waals surface area contributed by atoms with Crippen molar-refractivity contribution in [2.24, 2.45) is 0 Å². The van der Waals surface area contributed by atoms with E-state index in [0.717, 1.165) is 27.8 Å². The van der Waals surface area contributed by atoms with E-state index in [1.54, 1.807) is 0 Å². The van der Waals surface area contributed by atoms with Gasteiger partial charge in [0, 0.05) is 58.4 Å². The third-order valence-corrected chi connectivity index (χ3v) is 5.32. The Bertz CT molecular complexity index is 1400. The summed E-state index contributed by atoms with van der Waals surface area (Å²) in [7, 11) is 11.6. The highest BCUT2D eigenvalue weighted by Gasteiger charge is 2.26. The van der Waals surface area contributed by atoms with Crippen molar-refractivity contribution in [2.45, 2.75) is 0 Å². The number of anilines is 3. The first-order valence-electron chi connectivity index (χ1n) is 9.49. The first-order valence-corrected chi connectivity index (χ1v) is 9.49. The molecule has 0 saturated heterocycles. The zero-order valence-electron chi connectivity index (χ0n) is 18.4. The Morgan fingerprint density at radius 1 is 0.581 bits per heavy atom. The van der Waals surface area contributed by atoms with Gasteiger partial charge in [-0.2, -0.15) is 21.0 Å². The molecule has 3 aromatic carbocycles. The normalized spacial score (nSPS) is 10.1. The molecule has 0 radical (unpaired) electrons. The summed E-state index contributed by atoms with van der Waals surface area (Å²) in [6, 6.07) is 14.0. The van der Waals surface area contributed by atoms with E-state index in [1.807, 2.05) is 87.3 Å². The molecular formula is C24H21N7. The lowest BCUT2D eigenvalue weighted by molar-refractivity contribution is 1.08. The van der Waals surface area contributed by atoms with Gasteiger partial charge < -0.3 is 14.7 Å². The van der Waals surface area contributed by atoms with E-state index in [1.165, 1.54) is 0 Å². The summed E-state index contributed by atoms with van der Waals surface area (Å²) >= 11 is 0. The number of rotatable bonds is 3. The van der Waals surface area contributed by atoms with Gasteiger partial charge in [0.2, 0.25) is 0 Å². The van der Waals surface area contributed by atoms with Crippen molar-refractivity contribution in [3.8, 4) is 24.3 Å². The lowest BCUT2D eigenvalue weighted by Gasteiger charge is -2.28. The molecule has 7 heteroatoms. The third kappa shape index (κ3) is 3.01. The van der Waals surface area contributed by atoms with E-state index in [0.29, 0.717) is 10.8 Å². The lowest BCUT2D eigenvalue weighted by atomic mass is 9.87. The molecule has 152 valence electrons. The Kier molecular flexibility index (Phi) is 5.32. The van der Waals surface area contributed by atoms with E-state index < -0.39 is 0 Å². The SMILES string of the molecule is CN(C)c1ccc2cc3c(C#N)c(C#N)c(C#N)c(C#N)c3c(N(C)C)c2c1N(C)C. The maximum Gasteiger partial charge on any atom is 0.102 e. The maximum atomic E-state index is 10.0. The lowest BCUT2D eigenvalue weighted by Crippen LogP contribution is -2.19. The average Bonchev–Trinajstić information content (AvgIpc) is 2.74. The highest BCUT2D eigenvalue weighted by molar-refractivity contribution is 6.21. The summed E-state index contributed by atoms with van der Waals surface area (Å²) in [5, 5.41) is 42.1. The third-order valence-electron chi connectivity index (χ3n) is 5.32. The second kappa shape index (κ2) is 7.75. The van der Waals surface area contributed by atoms with E-state index in [4.69, 9.17) is 0 Å². The van der Waals surface area contributed by atoms with Crippen LogP contribution >= 0.6 is 0 Å². The summed E-state index contributed by atoms with van der Waals surface area (Å²) in [5.41, 5.74) is 2.78. The Labute approximate surface area is 181 Å². The van der Waals surface area contributed by atoms with Crippen LogP contribution in [0.3, 0.4) is 0 Å². The fourth-order valence-electron chi connectivity index (χ4n) is 4.12. The Hall–Kier alpha value is -4.46. The van der Waals surface area contributed by atoms with Crippen LogP contribution < -0.4 is 14.7 Å². The van der Waals surface area contributed by atoms with Gasteiger partial charge in [-0.15, -0.1) is 0 Å². The molecule has 0 N–H and O–H groups in total. The van der Waals surface area contributed by atoms with Crippen LogP contribution in [0, 0.1) is 45.3 Å². The standard InChI is InChI=1S/C24H21N7/c1-29(2)20-8-7-14-9-15-16(10-25)17(11-26)18(12-27)19(13-28)22(15)24(31(5)6)21(14)23(20)30(3)4/h7-9H,1-6H3. The van der Waals surface area contributed by atoms with Gasteiger partial charge in [0.25, 0.3) is 0 Å². The summed E-state index contributed by atoms with van der Waals surface area (Å²) in [6.07, 6.45) is 0. The van der Waals surface area contributed by atoms with Crippen LogP contribution in [0.25, 0.3) is 21.5 Å². The molecular weight excluding hydrogens is 386 g/mol. The molecule has 31 heavy (non-hydrogen) atoms. The van der Waals surface area contributed by atoms with Gasteiger partial charge in [-0.3, -0.25) is 0 Å². The molecule has 0 saturated carbocycles. The second-order valence-corrected chi connectivity index (χ2v) is 7.81. The summed E-state index contributed by atoms with van der Waals surface area (Å²) in [5.74, 6) is 0. The molecule has 0 heterocycles. The molecule has 7 nitrogen and oxygen atoms in total. The van der Waals surface area contributed by atoms with Crippen molar-refractivity contribution in [1.82, 2.24) is 0 Å². The van der Waals surface area contributed by atoms with Gasteiger partial charge in [0.1, 0.15) is 24.3 Å². The van der Waals surface area contributed by atoms with Crippen LogP contribution in [0.4, 0.5) is 17.1 Å². The summed E-state index contributed by atoms with van der Waals surface area (Å²) in [4.78, 5) is 5.93. The molecule has 0 aliphatic carbocycles. The highest BCUT2D eigenvalue weighted by Crippen LogP contribution is 2.46. The number of benzene rings is 3. The minimum atomic E-state index is -0.0633. The van der Waals surface area contributed by atoms with Crippen molar-refractivity contribution >= 4 is 38.6 Å². The first kappa shape index (κ1) is 21.3. The number of hydrogen-bond donors (Lipinski definition) is 0. The molecule has 0 aromatic heterocycles. The minimum absolute atomic E-state index is 0.0594. The quantitative estimate of drug-likeness (QED) is 0.610. The predicted octanol–water partition coefficient (Wildman–Crippen LogP) is 3.68. The number of fused-ring (bicyclic) bond motifs is 2. The van der Waals surface area contributed by atoms with Gasteiger partial charge in [0.15, 0.2) is 0 Å². The van der Waals surface area contributed by atoms with Crippen LogP contribution in [0.15, 0.2) is 18.2 Å². The molecule has 0 fully saturated rings. The van der Waals surface area contributed by atoms with Gasteiger partial charge in [-0.05, 0) is 17.5 Å². The zero-order valence-corrected chi connectivity index (χ0v) is 18.4. The predicted molar refractivity (Wildman–Crippen MR) is 123 cm³/mol. The maximum absolute atomic E-state index is 10.0. The van der Waals surface area contributed by atoms with E-state index in [2.05, 4.69) is 12.1 Å². The van der Waals surface area contributed by atoms with E-state index >= 15 is 0 Å². The van der Waals surface area contributed by atoms with Gasteiger partial charge in [-0.1, -0.05) is 6.07 Å². The van der Waals surface area contributed by atoms with Gasteiger partial charge in [0.05, 0.1) is 39.3 Å². The first-order chi connectivity index (χ1) is 14.7. The Morgan fingerprint density at radius 3 is 1.55 bits per heavy atom. The molecule has 3 aromatic rings. The fraction of sp³-hybridized carbons (Fsp3) is 0.250. The van der Waals surface area contributed by atoms with Crippen molar-refractivity contribution in [3.05, 3.63) is 40.5 Å². The molecule has 3 rings (SSSR count).